The molecule has 0 spiro atoms. The number of thioether (sulfide) groups is 1. The fourth-order valence-electron chi connectivity index (χ4n) is 4.33. The van der Waals surface area contributed by atoms with E-state index in [9.17, 15) is 9.59 Å². The lowest BCUT2D eigenvalue weighted by Gasteiger charge is -2.36. The minimum atomic E-state index is -0.492. The van der Waals surface area contributed by atoms with Crippen molar-refractivity contribution >= 4 is 28.8 Å². The number of amides is 1. The molecule has 2 heterocycles. The Bertz CT molecular complexity index is 1250. The minimum absolute atomic E-state index is 0.0288. The zero-order valence-corrected chi connectivity index (χ0v) is 21.2. The molecule has 0 radical (unpaired) electrons. The van der Waals surface area contributed by atoms with Gasteiger partial charge in [0.2, 0.25) is 5.91 Å². The summed E-state index contributed by atoms with van der Waals surface area (Å²) in [6.07, 6.45) is 2.57. The predicted octanol–water partition coefficient (Wildman–Crippen LogP) is 5.53. The molecule has 2 aromatic rings. The van der Waals surface area contributed by atoms with Crippen molar-refractivity contribution in [1.29, 1.82) is 0 Å². The van der Waals surface area contributed by atoms with Crippen molar-refractivity contribution in [3.05, 3.63) is 82.5 Å². The van der Waals surface area contributed by atoms with Gasteiger partial charge in [-0.2, -0.15) is 0 Å². The van der Waals surface area contributed by atoms with E-state index < -0.39 is 12.0 Å². The zero-order chi connectivity index (χ0) is 25.1. The molecule has 2 aromatic carbocycles. The summed E-state index contributed by atoms with van der Waals surface area (Å²) in [6.45, 7) is 4.59. The molecular formula is C28H29N3O4S. The van der Waals surface area contributed by atoms with Gasteiger partial charge < -0.3 is 19.7 Å². The van der Waals surface area contributed by atoms with E-state index in [-0.39, 0.29) is 18.9 Å². The van der Waals surface area contributed by atoms with Gasteiger partial charge in [-0.1, -0.05) is 42.1 Å². The number of nitrogens with one attached hydrogen (secondary N) is 1. The van der Waals surface area contributed by atoms with E-state index in [1.54, 1.807) is 6.92 Å². The van der Waals surface area contributed by atoms with Gasteiger partial charge in [0.25, 0.3) is 0 Å². The third kappa shape index (κ3) is 5.33. The van der Waals surface area contributed by atoms with Crippen LogP contribution in [0.5, 0.6) is 11.5 Å². The van der Waals surface area contributed by atoms with Crippen LogP contribution in [0.1, 0.15) is 44.7 Å². The quantitative estimate of drug-likeness (QED) is 0.453. The molecule has 8 heteroatoms. The van der Waals surface area contributed by atoms with Crippen molar-refractivity contribution in [2.75, 3.05) is 13.2 Å². The van der Waals surface area contributed by atoms with Crippen LogP contribution in [0.15, 0.2) is 82.0 Å². The maximum absolute atomic E-state index is 13.2. The lowest BCUT2D eigenvalue weighted by atomic mass is 9.93. The molecule has 2 aliphatic heterocycles. The highest BCUT2D eigenvalue weighted by Crippen LogP contribution is 2.45. The van der Waals surface area contributed by atoms with E-state index in [2.05, 4.69) is 5.32 Å². The number of esters is 1. The Labute approximate surface area is 215 Å². The zero-order valence-electron chi connectivity index (χ0n) is 20.4. The molecule has 1 N–H and O–H groups in total. The Kier molecular flexibility index (Phi) is 7.13. The van der Waals surface area contributed by atoms with E-state index in [1.165, 1.54) is 24.6 Å². The number of para-hydroxylation sites is 1. The van der Waals surface area contributed by atoms with Gasteiger partial charge in [-0.25, -0.2) is 9.79 Å². The van der Waals surface area contributed by atoms with Crippen LogP contribution in [0, 0.1) is 5.92 Å². The van der Waals surface area contributed by atoms with Gasteiger partial charge in [0.05, 0.1) is 30.3 Å². The molecule has 36 heavy (non-hydrogen) atoms. The van der Waals surface area contributed by atoms with Crippen LogP contribution in [0.25, 0.3) is 0 Å². The predicted molar refractivity (Wildman–Crippen MR) is 140 cm³/mol. The van der Waals surface area contributed by atoms with E-state index >= 15 is 0 Å². The first-order chi connectivity index (χ1) is 17.5. The number of fused-ring (bicyclic) bond motifs is 1. The maximum Gasteiger partial charge on any atom is 0.338 e. The largest absolute Gasteiger partial charge is 0.463 e. The third-order valence-electron chi connectivity index (χ3n) is 6.28. The molecule has 0 bridgehead atoms. The summed E-state index contributed by atoms with van der Waals surface area (Å²) in [7, 11) is 0. The molecule has 1 unspecified atom stereocenters. The van der Waals surface area contributed by atoms with E-state index in [4.69, 9.17) is 14.5 Å². The number of ether oxygens (including phenoxy) is 2. The molecule has 1 amide bonds. The van der Waals surface area contributed by atoms with Crippen LogP contribution in [-0.2, 0) is 14.3 Å². The van der Waals surface area contributed by atoms with E-state index in [1.807, 2.05) is 71.8 Å². The fraction of sp³-hybridized carbons (Fsp3) is 0.321. The smallest absolute Gasteiger partial charge is 0.338 e. The second kappa shape index (κ2) is 10.6. The number of hydrogen-bond donors (Lipinski definition) is 1. The monoisotopic (exact) mass is 503 g/mol. The first-order valence-electron chi connectivity index (χ1n) is 12.2. The number of carbonyl (C=O) groups excluding carboxylic acids is 2. The number of amidine groups is 1. The van der Waals surface area contributed by atoms with Crippen LogP contribution in [0.2, 0.25) is 0 Å². The van der Waals surface area contributed by atoms with Crippen molar-refractivity contribution in [3.63, 3.8) is 0 Å². The average Bonchev–Trinajstić information content (AvgIpc) is 3.63. The Morgan fingerprint density at radius 2 is 1.89 bits per heavy atom. The Hall–Kier alpha value is -3.52. The molecular weight excluding hydrogens is 474 g/mol. The number of carbonyl (C=O) groups is 2. The first-order valence-corrected chi connectivity index (χ1v) is 13.1. The highest BCUT2D eigenvalue weighted by atomic mass is 32.2. The van der Waals surface area contributed by atoms with E-state index in [0.717, 1.165) is 28.7 Å². The Morgan fingerprint density at radius 1 is 1.11 bits per heavy atom. The molecule has 186 valence electrons. The Balaban J connectivity index is 1.47. The summed E-state index contributed by atoms with van der Waals surface area (Å²) in [5, 5.41) is 5.74. The summed E-state index contributed by atoms with van der Waals surface area (Å²) < 4.78 is 11.5. The van der Waals surface area contributed by atoms with Crippen molar-refractivity contribution in [2.45, 2.75) is 39.2 Å². The van der Waals surface area contributed by atoms with Crippen LogP contribution in [-0.4, -0.2) is 35.1 Å². The summed E-state index contributed by atoms with van der Waals surface area (Å²) in [5.41, 5.74) is 2.73. The highest BCUT2D eigenvalue weighted by molar-refractivity contribution is 8.16. The van der Waals surface area contributed by atoms with Crippen LogP contribution in [0.3, 0.4) is 0 Å². The van der Waals surface area contributed by atoms with Gasteiger partial charge in [0.1, 0.15) is 11.5 Å². The minimum Gasteiger partial charge on any atom is -0.463 e. The van der Waals surface area contributed by atoms with Gasteiger partial charge in [-0.15, -0.1) is 0 Å². The van der Waals surface area contributed by atoms with Crippen molar-refractivity contribution in [1.82, 2.24) is 10.2 Å². The topological polar surface area (TPSA) is 80.2 Å². The van der Waals surface area contributed by atoms with Crippen molar-refractivity contribution in [2.24, 2.45) is 10.9 Å². The highest BCUT2D eigenvalue weighted by Gasteiger charge is 2.41. The summed E-state index contributed by atoms with van der Waals surface area (Å²) in [6, 6.07) is 16.8. The molecule has 5 rings (SSSR count). The number of nitrogens with zero attached hydrogens (tertiary/aromatic N) is 2. The normalized spacial score (nSPS) is 18.8. The Morgan fingerprint density at radius 3 is 2.64 bits per heavy atom. The van der Waals surface area contributed by atoms with Gasteiger partial charge in [0.15, 0.2) is 5.17 Å². The number of benzene rings is 2. The van der Waals surface area contributed by atoms with E-state index in [0.29, 0.717) is 22.9 Å². The molecule has 1 aliphatic carbocycles. The molecule has 0 saturated heterocycles. The molecule has 3 aliphatic rings. The summed E-state index contributed by atoms with van der Waals surface area (Å²) >= 11 is 1.47. The first kappa shape index (κ1) is 24.2. The maximum atomic E-state index is 13.2. The average molecular weight is 504 g/mol. The molecule has 7 nitrogen and oxygen atoms in total. The molecule has 0 aromatic heterocycles. The molecule has 1 atom stereocenters. The third-order valence-corrected chi connectivity index (χ3v) is 7.16. The second-order valence-corrected chi connectivity index (χ2v) is 9.86. The van der Waals surface area contributed by atoms with Crippen molar-refractivity contribution < 1.29 is 19.1 Å². The fourth-order valence-corrected chi connectivity index (χ4v) is 5.30. The number of allylic oxidation sites excluding steroid dienone is 1. The van der Waals surface area contributed by atoms with Gasteiger partial charge in [0, 0.05) is 12.2 Å². The van der Waals surface area contributed by atoms with Crippen molar-refractivity contribution in [3.8, 4) is 11.5 Å². The SMILES string of the molecule is CCOC(=O)C1=C(C)N=C2SC=C(CC(=O)NCC3CC3)N2C1c1cccc(Oc2ccccc2)c1. The van der Waals surface area contributed by atoms with Crippen LogP contribution >= 0.6 is 11.8 Å². The summed E-state index contributed by atoms with van der Waals surface area (Å²) in [5.74, 6) is 1.55. The lowest BCUT2D eigenvalue weighted by Crippen LogP contribution is -2.38. The lowest BCUT2D eigenvalue weighted by molar-refractivity contribution is -0.139. The number of hydrogen-bond acceptors (Lipinski definition) is 7. The van der Waals surface area contributed by atoms with Crippen LogP contribution in [0.4, 0.5) is 0 Å². The number of aliphatic imine (C=N–C) groups is 1. The number of rotatable bonds is 9. The van der Waals surface area contributed by atoms with Gasteiger partial charge >= 0.3 is 5.97 Å². The molecule has 1 saturated carbocycles. The summed E-state index contributed by atoms with van der Waals surface area (Å²) in [4.78, 5) is 32.6. The van der Waals surface area contributed by atoms with Crippen LogP contribution < -0.4 is 10.1 Å². The van der Waals surface area contributed by atoms with Gasteiger partial charge in [-0.05, 0) is 67.8 Å². The standard InChI is InChI=1S/C28H29N3O4S/c1-3-34-27(33)25-18(2)30-28-31(21(17-36-28)15-24(32)29-16-19-12-13-19)26(25)20-8-7-11-23(14-20)35-22-9-5-4-6-10-22/h4-11,14,17,19,26H,3,12-13,15-16H2,1-2H3,(H,29,32). The second-order valence-electron chi connectivity index (χ2n) is 9.03. The van der Waals surface area contributed by atoms with Gasteiger partial charge in [-0.3, -0.25) is 4.79 Å². The molecule has 1 fully saturated rings.